The van der Waals surface area contributed by atoms with E-state index < -0.39 is 0 Å². The van der Waals surface area contributed by atoms with E-state index in [1.165, 1.54) is 17.2 Å². The van der Waals surface area contributed by atoms with Gasteiger partial charge in [-0.3, -0.25) is 14.5 Å². The molecule has 0 unspecified atom stereocenters. The number of aromatic nitrogens is 2. The zero-order chi connectivity index (χ0) is 20.7. The highest BCUT2D eigenvalue weighted by molar-refractivity contribution is 6.49. The minimum Gasteiger partial charge on any atom is -0.321 e. The quantitative estimate of drug-likeness (QED) is 0.706. The van der Waals surface area contributed by atoms with Crippen LogP contribution >= 0.6 is 0 Å². The molecule has 2 aliphatic heterocycles. The van der Waals surface area contributed by atoms with Crippen LogP contribution in [-0.2, 0) is 31.4 Å². The Hall–Kier alpha value is -3.32. The van der Waals surface area contributed by atoms with Crippen molar-refractivity contribution in [2.24, 2.45) is 12.0 Å². The van der Waals surface area contributed by atoms with E-state index in [-0.39, 0.29) is 11.7 Å². The van der Waals surface area contributed by atoms with Crippen LogP contribution in [0.25, 0.3) is 11.1 Å². The highest BCUT2D eigenvalue weighted by atomic mass is 19.1. The van der Waals surface area contributed by atoms with Crippen LogP contribution in [0.3, 0.4) is 0 Å². The maximum Gasteiger partial charge on any atom is 0.274 e. The van der Waals surface area contributed by atoms with Crippen molar-refractivity contribution in [3.8, 4) is 11.1 Å². The average molecular weight is 403 g/mol. The van der Waals surface area contributed by atoms with Gasteiger partial charge in [0.25, 0.3) is 5.91 Å². The number of anilines is 1. The van der Waals surface area contributed by atoms with E-state index in [1.807, 2.05) is 18.2 Å². The molecule has 152 valence electrons. The lowest BCUT2D eigenvalue weighted by Crippen LogP contribution is -2.25. The van der Waals surface area contributed by atoms with Gasteiger partial charge in [-0.15, -0.1) is 0 Å². The minimum absolute atomic E-state index is 0.271. The summed E-state index contributed by atoms with van der Waals surface area (Å²) < 4.78 is 16.5. The number of carbonyl (C=O) groups excluding carboxylic acids is 1. The molecule has 1 amide bonds. The number of rotatable bonds is 3. The molecular weight excluding hydrogens is 381 g/mol. The van der Waals surface area contributed by atoms with Crippen molar-refractivity contribution in [2.75, 3.05) is 11.9 Å². The molecule has 0 radical (unpaired) electrons. The van der Waals surface area contributed by atoms with Gasteiger partial charge in [0.05, 0.1) is 6.20 Å². The van der Waals surface area contributed by atoms with Gasteiger partial charge in [-0.05, 0) is 53.8 Å². The second-order valence-electron chi connectivity index (χ2n) is 7.77. The predicted octanol–water partition coefficient (Wildman–Crippen LogP) is 3.20. The number of halogens is 1. The third-order valence-electron chi connectivity index (χ3n) is 5.65. The molecule has 0 atom stereocenters. The first-order valence-corrected chi connectivity index (χ1v) is 10.1. The van der Waals surface area contributed by atoms with E-state index in [1.54, 1.807) is 30.2 Å². The molecule has 1 aromatic heterocycles. The number of fused-ring (bicyclic) bond motifs is 2. The Morgan fingerprint density at radius 1 is 1.13 bits per heavy atom. The standard InChI is InChI=1S/C23H22FN5O/c1-29-13-17(12-27-29)19-9-20-14(8-21(19)24)3-2-6-26-22(20)23(30)28-18-5-4-15-10-25-11-16(15)7-18/h4-5,7-9,12-13,25H,2-3,6,10-11H2,1H3,(H,28,30). The highest BCUT2D eigenvalue weighted by Gasteiger charge is 2.23. The summed E-state index contributed by atoms with van der Waals surface area (Å²) in [6.07, 6.45) is 4.85. The molecule has 2 N–H and O–H groups in total. The topological polar surface area (TPSA) is 71.3 Å². The van der Waals surface area contributed by atoms with Gasteiger partial charge >= 0.3 is 0 Å². The summed E-state index contributed by atoms with van der Waals surface area (Å²) in [6, 6.07) is 9.21. The van der Waals surface area contributed by atoms with Gasteiger partial charge in [0.2, 0.25) is 0 Å². The number of hydrogen-bond acceptors (Lipinski definition) is 4. The average Bonchev–Trinajstić information content (AvgIpc) is 3.31. The van der Waals surface area contributed by atoms with Crippen LogP contribution < -0.4 is 10.6 Å². The van der Waals surface area contributed by atoms with Crippen LogP contribution in [0.15, 0.2) is 47.7 Å². The highest BCUT2D eigenvalue weighted by Crippen LogP contribution is 2.29. The summed E-state index contributed by atoms with van der Waals surface area (Å²) in [7, 11) is 1.79. The Morgan fingerprint density at radius 3 is 2.83 bits per heavy atom. The van der Waals surface area contributed by atoms with Crippen molar-refractivity contribution in [2.45, 2.75) is 25.9 Å². The smallest absolute Gasteiger partial charge is 0.274 e. The van der Waals surface area contributed by atoms with E-state index in [9.17, 15) is 9.18 Å². The van der Waals surface area contributed by atoms with E-state index >= 15 is 0 Å². The normalized spacial score (nSPS) is 15.2. The Balaban J connectivity index is 1.50. The number of aryl methyl sites for hydroxylation is 2. The van der Waals surface area contributed by atoms with Gasteiger partial charge in [-0.1, -0.05) is 6.07 Å². The molecule has 0 saturated heterocycles. The Bertz CT molecular complexity index is 1180. The first kappa shape index (κ1) is 18.7. The molecule has 30 heavy (non-hydrogen) atoms. The minimum atomic E-state index is -0.311. The van der Waals surface area contributed by atoms with Gasteiger partial charge in [-0.25, -0.2) is 4.39 Å². The molecule has 0 saturated carbocycles. The summed E-state index contributed by atoms with van der Waals surface area (Å²) in [5.74, 6) is -0.581. The molecule has 3 aromatic rings. The third-order valence-corrected chi connectivity index (χ3v) is 5.65. The van der Waals surface area contributed by atoms with Crippen molar-refractivity contribution < 1.29 is 9.18 Å². The molecule has 7 heteroatoms. The van der Waals surface area contributed by atoms with Gasteiger partial charge in [0.1, 0.15) is 11.5 Å². The third kappa shape index (κ3) is 3.41. The molecular formula is C23H22FN5O. The fourth-order valence-electron chi connectivity index (χ4n) is 4.13. The molecule has 3 heterocycles. The molecule has 6 nitrogen and oxygen atoms in total. The van der Waals surface area contributed by atoms with Crippen molar-refractivity contribution in [1.29, 1.82) is 0 Å². The first-order valence-electron chi connectivity index (χ1n) is 10.1. The van der Waals surface area contributed by atoms with Crippen molar-refractivity contribution in [3.63, 3.8) is 0 Å². The van der Waals surface area contributed by atoms with Crippen LogP contribution in [0.5, 0.6) is 0 Å². The first-order chi connectivity index (χ1) is 14.6. The van der Waals surface area contributed by atoms with Crippen molar-refractivity contribution in [1.82, 2.24) is 15.1 Å². The fourth-order valence-corrected chi connectivity index (χ4v) is 4.13. The number of amides is 1. The number of aliphatic imine (C=N–C) groups is 1. The van der Waals surface area contributed by atoms with E-state index in [0.717, 1.165) is 30.8 Å². The van der Waals surface area contributed by atoms with Gasteiger partial charge in [0.15, 0.2) is 0 Å². The molecule has 2 aliphatic rings. The summed E-state index contributed by atoms with van der Waals surface area (Å²) >= 11 is 0. The summed E-state index contributed by atoms with van der Waals surface area (Å²) in [4.78, 5) is 17.7. The second-order valence-corrected chi connectivity index (χ2v) is 7.77. The van der Waals surface area contributed by atoms with Crippen LogP contribution in [0.2, 0.25) is 0 Å². The number of nitrogens with one attached hydrogen (secondary N) is 2. The second kappa shape index (κ2) is 7.50. The van der Waals surface area contributed by atoms with E-state index in [2.05, 4.69) is 20.7 Å². The predicted molar refractivity (Wildman–Crippen MR) is 114 cm³/mol. The summed E-state index contributed by atoms with van der Waals surface area (Å²) in [6.45, 7) is 2.19. The summed E-state index contributed by atoms with van der Waals surface area (Å²) in [5.41, 5.74) is 6.13. The monoisotopic (exact) mass is 403 g/mol. The number of benzene rings is 2. The van der Waals surface area contributed by atoms with Crippen LogP contribution in [0.4, 0.5) is 10.1 Å². The molecule has 0 bridgehead atoms. The zero-order valence-electron chi connectivity index (χ0n) is 16.7. The van der Waals surface area contributed by atoms with Gasteiger partial charge < -0.3 is 10.6 Å². The van der Waals surface area contributed by atoms with Crippen LogP contribution in [-0.4, -0.2) is 27.9 Å². The summed E-state index contributed by atoms with van der Waals surface area (Å²) in [5, 5.41) is 10.4. The van der Waals surface area contributed by atoms with Gasteiger partial charge in [-0.2, -0.15) is 5.10 Å². The number of nitrogens with zero attached hydrogens (tertiary/aromatic N) is 3. The number of carbonyl (C=O) groups is 1. The largest absolute Gasteiger partial charge is 0.321 e. The van der Waals surface area contributed by atoms with E-state index in [4.69, 9.17) is 0 Å². The van der Waals surface area contributed by atoms with E-state index in [0.29, 0.717) is 35.4 Å². The number of hydrogen-bond donors (Lipinski definition) is 2. The van der Waals surface area contributed by atoms with Crippen molar-refractivity contribution in [3.05, 3.63) is 70.8 Å². The maximum atomic E-state index is 14.8. The van der Waals surface area contributed by atoms with Crippen LogP contribution in [0, 0.1) is 5.82 Å². The van der Waals surface area contributed by atoms with Crippen LogP contribution in [0.1, 0.15) is 28.7 Å². The maximum absolute atomic E-state index is 14.8. The Morgan fingerprint density at radius 2 is 2.00 bits per heavy atom. The fraction of sp³-hybridized carbons (Fsp3) is 0.261. The molecule has 0 spiro atoms. The molecule has 5 rings (SSSR count). The molecule has 0 aliphatic carbocycles. The molecule has 0 fully saturated rings. The lowest BCUT2D eigenvalue weighted by Gasteiger charge is -2.13. The molecule has 2 aromatic carbocycles. The Labute approximate surface area is 173 Å². The lowest BCUT2D eigenvalue weighted by molar-refractivity contribution is -0.110. The van der Waals surface area contributed by atoms with Crippen molar-refractivity contribution >= 4 is 17.3 Å². The lowest BCUT2D eigenvalue weighted by atomic mass is 9.95. The zero-order valence-corrected chi connectivity index (χ0v) is 16.7. The SMILES string of the molecule is Cn1cc(-c2cc3c(cc2F)CCCN=C3C(=O)Nc2ccc3c(c2)CNC3)cn1. The Kier molecular flexibility index (Phi) is 4.67. The van der Waals surface area contributed by atoms with Gasteiger partial charge in [0, 0.05) is 55.3 Å².